The first kappa shape index (κ1) is 22.8. The van der Waals surface area contributed by atoms with E-state index in [9.17, 15) is 19.5 Å². The van der Waals surface area contributed by atoms with Crippen molar-refractivity contribution in [1.82, 2.24) is 0 Å². The molecule has 0 bridgehead atoms. The van der Waals surface area contributed by atoms with Gasteiger partial charge in [0, 0.05) is 10.4 Å². The van der Waals surface area contributed by atoms with Crippen molar-refractivity contribution in [1.29, 1.82) is 0 Å². The second kappa shape index (κ2) is 9.96. The van der Waals surface area contributed by atoms with Gasteiger partial charge in [-0.25, -0.2) is 4.79 Å². The zero-order chi connectivity index (χ0) is 22.5. The van der Waals surface area contributed by atoms with Crippen molar-refractivity contribution in [3.8, 4) is 16.9 Å². The van der Waals surface area contributed by atoms with Crippen LogP contribution >= 0.6 is 11.3 Å². The Hall–Kier alpha value is -2.87. The van der Waals surface area contributed by atoms with E-state index >= 15 is 0 Å². The molecule has 2 aromatic rings. The highest BCUT2D eigenvalue weighted by atomic mass is 32.1. The topological polar surface area (TPSA) is 102 Å². The van der Waals surface area contributed by atoms with E-state index in [1.807, 2.05) is 19.1 Å². The lowest BCUT2D eigenvalue weighted by Crippen LogP contribution is -2.36. The lowest BCUT2D eigenvalue weighted by atomic mass is 9.78. The summed E-state index contributed by atoms with van der Waals surface area (Å²) in [4.78, 5) is 38.3. The predicted octanol–water partition coefficient (Wildman–Crippen LogP) is 4.74. The van der Waals surface area contributed by atoms with Gasteiger partial charge in [0.2, 0.25) is 5.91 Å². The van der Waals surface area contributed by atoms with E-state index in [1.54, 1.807) is 26.2 Å². The fourth-order valence-electron chi connectivity index (χ4n) is 4.08. The summed E-state index contributed by atoms with van der Waals surface area (Å²) in [6, 6.07) is 7.31. The van der Waals surface area contributed by atoms with Gasteiger partial charge in [-0.3, -0.25) is 9.59 Å². The SMILES string of the molecule is CCOC(=O)c1c(NC(=O)[C@@H]2CCCC[C@@H]2C(=O)O)sc(C)c1-c1ccc(OC)cc1. The summed E-state index contributed by atoms with van der Waals surface area (Å²) >= 11 is 1.29. The monoisotopic (exact) mass is 445 g/mol. The zero-order valence-corrected chi connectivity index (χ0v) is 18.7. The number of hydrogen-bond donors (Lipinski definition) is 2. The average Bonchev–Trinajstić information content (AvgIpc) is 3.09. The number of esters is 1. The van der Waals surface area contributed by atoms with Crippen LogP contribution in [0.5, 0.6) is 5.75 Å². The first-order chi connectivity index (χ1) is 14.9. The van der Waals surface area contributed by atoms with E-state index in [1.165, 1.54) is 11.3 Å². The molecule has 3 rings (SSSR count). The molecule has 0 spiro atoms. The Bertz CT molecular complexity index is 965. The van der Waals surface area contributed by atoms with Crippen molar-refractivity contribution >= 4 is 34.2 Å². The molecular weight excluding hydrogens is 418 g/mol. The number of hydrogen-bond acceptors (Lipinski definition) is 6. The minimum Gasteiger partial charge on any atom is -0.497 e. The van der Waals surface area contributed by atoms with Crippen LogP contribution in [0.2, 0.25) is 0 Å². The normalized spacial score (nSPS) is 18.3. The third-order valence-corrected chi connectivity index (χ3v) is 6.62. The van der Waals surface area contributed by atoms with E-state index in [2.05, 4.69) is 5.32 Å². The molecule has 1 aliphatic carbocycles. The molecule has 0 saturated heterocycles. The Morgan fingerprint density at radius 1 is 1.13 bits per heavy atom. The van der Waals surface area contributed by atoms with Crippen LogP contribution in [0.15, 0.2) is 24.3 Å². The second-order valence-corrected chi connectivity index (χ2v) is 8.74. The molecule has 1 aromatic heterocycles. The van der Waals surface area contributed by atoms with Crippen LogP contribution in [0.3, 0.4) is 0 Å². The van der Waals surface area contributed by atoms with Crippen LogP contribution in [0.1, 0.15) is 47.8 Å². The first-order valence-electron chi connectivity index (χ1n) is 10.4. The van der Waals surface area contributed by atoms with Gasteiger partial charge >= 0.3 is 11.9 Å². The lowest BCUT2D eigenvalue weighted by molar-refractivity contribution is -0.147. The number of aliphatic carboxylic acids is 1. The number of carboxylic acids is 1. The van der Waals surface area contributed by atoms with Gasteiger partial charge in [0.05, 0.1) is 25.6 Å². The van der Waals surface area contributed by atoms with Gasteiger partial charge in [0.15, 0.2) is 0 Å². The molecule has 1 aliphatic rings. The number of methoxy groups -OCH3 is 1. The fraction of sp³-hybridized carbons (Fsp3) is 0.435. The minimum absolute atomic E-state index is 0.201. The third kappa shape index (κ3) is 4.90. The summed E-state index contributed by atoms with van der Waals surface area (Å²) < 4.78 is 10.5. The highest BCUT2D eigenvalue weighted by molar-refractivity contribution is 7.17. The van der Waals surface area contributed by atoms with Crippen LogP contribution in [-0.2, 0) is 14.3 Å². The summed E-state index contributed by atoms with van der Waals surface area (Å²) in [5.41, 5.74) is 1.80. The number of ether oxygens (including phenoxy) is 2. The lowest BCUT2D eigenvalue weighted by Gasteiger charge is -2.27. The van der Waals surface area contributed by atoms with Crippen LogP contribution < -0.4 is 10.1 Å². The van der Waals surface area contributed by atoms with Crippen molar-refractivity contribution in [2.75, 3.05) is 19.0 Å². The Morgan fingerprint density at radius 2 is 1.77 bits per heavy atom. The number of thiophene rings is 1. The molecule has 1 saturated carbocycles. The van der Waals surface area contributed by atoms with Gasteiger partial charge < -0.3 is 19.9 Å². The molecule has 1 amide bonds. The number of carbonyl (C=O) groups excluding carboxylic acids is 2. The van der Waals surface area contributed by atoms with Crippen LogP contribution in [-0.4, -0.2) is 36.7 Å². The molecule has 1 fully saturated rings. The maximum atomic E-state index is 13.0. The van der Waals surface area contributed by atoms with Crippen LogP contribution in [0, 0.1) is 18.8 Å². The number of nitrogens with one attached hydrogen (secondary N) is 1. The Kier molecular flexibility index (Phi) is 7.33. The number of carbonyl (C=O) groups is 3. The maximum absolute atomic E-state index is 13.0. The molecule has 7 nitrogen and oxygen atoms in total. The summed E-state index contributed by atoms with van der Waals surface area (Å²) in [5, 5.41) is 12.8. The second-order valence-electron chi connectivity index (χ2n) is 7.51. The number of aryl methyl sites for hydroxylation is 1. The maximum Gasteiger partial charge on any atom is 0.341 e. The number of benzene rings is 1. The van der Waals surface area contributed by atoms with Crippen LogP contribution in [0.25, 0.3) is 11.1 Å². The van der Waals surface area contributed by atoms with Crippen molar-refractivity contribution in [2.45, 2.75) is 39.5 Å². The molecule has 2 N–H and O–H groups in total. The molecule has 31 heavy (non-hydrogen) atoms. The van der Waals surface area contributed by atoms with E-state index in [4.69, 9.17) is 9.47 Å². The molecule has 1 aromatic carbocycles. The highest BCUT2D eigenvalue weighted by Crippen LogP contribution is 2.41. The van der Waals surface area contributed by atoms with Gasteiger partial charge in [-0.1, -0.05) is 25.0 Å². The number of anilines is 1. The van der Waals surface area contributed by atoms with E-state index in [0.717, 1.165) is 23.3 Å². The van der Waals surface area contributed by atoms with E-state index in [0.29, 0.717) is 34.7 Å². The van der Waals surface area contributed by atoms with Gasteiger partial charge in [0.25, 0.3) is 0 Å². The highest BCUT2D eigenvalue weighted by Gasteiger charge is 2.37. The zero-order valence-electron chi connectivity index (χ0n) is 17.9. The summed E-state index contributed by atoms with van der Waals surface area (Å²) in [6.45, 7) is 3.80. The van der Waals surface area contributed by atoms with Crippen molar-refractivity contribution in [3.63, 3.8) is 0 Å². The molecule has 1 heterocycles. The molecule has 2 atom stereocenters. The third-order valence-electron chi connectivity index (χ3n) is 5.60. The Balaban J connectivity index is 1.98. The van der Waals surface area contributed by atoms with Crippen LogP contribution in [0.4, 0.5) is 5.00 Å². The van der Waals surface area contributed by atoms with Crippen molar-refractivity contribution in [3.05, 3.63) is 34.7 Å². The van der Waals surface area contributed by atoms with E-state index in [-0.39, 0.29) is 12.5 Å². The molecule has 8 heteroatoms. The van der Waals surface area contributed by atoms with E-state index < -0.39 is 23.8 Å². The van der Waals surface area contributed by atoms with Crippen molar-refractivity contribution < 1.29 is 29.0 Å². The largest absolute Gasteiger partial charge is 0.497 e. The number of carboxylic acid groups (broad SMARTS) is 1. The molecule has 0 unspecified atom stereocenters. The number of amides is 1. The van der Waals surface area contributed by atoms with Gasteiger partial charge in [-0.15, -0.1) is 11.3 Å². The summed E-state index contributed by atoms with van der Waals surface area (Å²) in [6.07, 6.45) is 2.62. The Morgan fingerprint density at radius 3 is 2.35 bits per heavy atom. The fourth-order valence-corrected chi connectivity index (χ4v) is 5.15. The Labute approximate surface area is 185 Å². The summed E-state index contributed by atoms with van der Waals surface area (Å²) in [7, 11) is 1.58. The molecule has 0 aliphatic heterocycles. The molecular formula is C23H27NO6S. The van der Waals surface area contributed by atoms with Crippen molar-refractivity contribution in [2.24, 2.45) is 11.8 Å². The minimum atomic E-state index is -0.952. The number of rotatable bonds is 7. The molecule has 0 radical (unpaired) electrons. The first-order valence-corrected chi connectivity index (χ1v) is 11.2. The molecule has 166 valence electrons. The standard InChI is InChI=1S/C23H27NO6S/c1-4-30-23(28)19-18(14-9-11-15(29-3)12-10-14)13(2)31-21(19)24-20(25)16-7-5-6-8-17(16)22(26)27/h9-12,16-17H,4-8H2,1-3H3,(H,24,25)(H,26,27)/t16-,17+/m1/s1. The predicted molar refractivity (Wildman–Crippen MR) is 119 cm³/mol. The van der Waals surface area contributed by atoms with Gasteiger partial charge in [-0.2, -0.15) is 0 Å². The summed E-state index contributed by atoms with van der Waals surface area (Å²) in [5.74, 6) is -2.46. The average molecular weight is 446 g/mol. The van der Waals surface area contributed by atoms with Gasteiger partial charge in [-0.05, 0) is 44.4 Å². The van der Waals surface area contributed by atoms with Gasteiger partial charge in [0.1, 0.15) is 16.3 Å². The smallest absolute Gasteiger partial charge is 0.341 e. The quantitative estimate of drug-likeness (QED) is 0.597.